The first-order valence-electron chi connectivity index (χ1n) is 29.9. The van der Waals surface area contributed by atoms with Crippen LogP contribution >= 0.6 is 0 Å². The Morgan fingerprint density at radius 3 is 0.900 bits per heavy atom. The van der Waals surface area contributed by atoms with Crippen molar-refractivity contribution < 1.29 is 28.6 Å². The van der Waals surface area contributed by atoms with E-state index in [9.17, 15) is 14.4 Å². The SMILES string of the molecule is CC/C=C\C/C=C\C/C=C\C/C=C\CCCCC(=O)OC(COC(=O)CCCCCCCCCC)COC(=O)CCCCCCCCCCCCCCCCCCC/C=C\C/C=C\CCCCCCC. The van der Waals surface area contributed by atoms with E-state index in [0.717, 1.165) is 83.5 Å². The van der Waals surface area contributed by atoms with Crippen LogP contribution in [0.25, 0.3) is 0 Å². The monoisotopic (exact) mass is 977 g/mol. The third-order valence-electron chi connectivity index (χ3n) is 12.9. The van der Waals surface area contributed by atoms with E-state index >= 15 is 0 Å². The number of unbranched alkanes of at least 4 members (excludes halogenated alkanes) is 31. The van der Waals surface area contributed by atoms with E-state index in [1.165, 1.54) is 167 Å². The summed E-state index contributed by atoms with van der Waals surface area (Å²) in [5, 5.41) is 0. The van der Waals surface area contributed by atoms with Crippen LogP contribution in [0.2, 0.25) is 0 Å². The molecule has 0 aliphatic heterocycles. The highest BCUT2D eigenvalue weighted by Crippen LogP contribution is 2.16. The molecular weight excluding hydrogens is 865 g/mol. The molecule has 0 spiro atoms. The molecule has 1 unspecified atom stereocenters. The Bertz CT molecular complexity index is 1310. The zero-order chi connectivity index (χ0) is 50.7. The quantitative estimate of drug-likeness (QED) is 0.0261. The van der Waals surface area contributed by atoms with Gasteiger partial charge in [0.25, 0.3) is 0 Å². The molecule has 0 saturated carbocycles. The summed E-state index contributed by atoms with van der Waals surface area (Å²) >= 11 is 0. The lowest BCUT2D eigenvalue weighted by Crippen LogP contribution is -2.30. The molecule has 0 fully saturated rings. The molecule has 0 aliphatic rings. The number of hydrogen-bond acceptors (Lipinski definition) is 6. The molecular formula is C64H112O6. The predicted octanol–water partition coefficient (Wildman–Crippen LogP) is 20.2. The minimum atomic E-state index is -0.793. The molecule has 0 N–H and O–H groups in total. The Hall–Kier alpha value is -3.15. The van der Waals surface area contributed by atoms with Crippen molar-refractivity contribution in [3.05, 3.63) is 72.9 Å². The minimum absolute atomic E-state index is 0.0894. The number of ether oxygens (including phenoxy) is 3. The average Bonchev–Trinajstić information content (AvgIpc) is 3.36. The number of carbonyl (C=O) groups is 3. The van der Waals surface area contributed by atoms with Gasteiger partial charge in [-0.15, -0.1) is 0 Å². The van der Waals surface area contributed by atoms with E-state index < -0.39 is 6.10 Å². The van der Waals surface area contributed by atoms with E-state index in [0.29, 0.717) is 19.3 Å². The highest BCUT2D eigenvalue weighted by molar-refractivity contribution is 5.71. The van der Waals surface area contributed by atoms with Crippen molar-refractivity contribution in [2.45, 2.75) is 303 Å². The van der Waals surface area contributed by atoms with Crippen LogP contribution in [0.5, 0.6) is 0 Å². The lowest BCUT2D eigenvalue weighted by atomic mass is 10.0. The molecule has 70 heavy (non-hydrogen) atoms. The summed E-state index contributed by atoms with van der Waals surface area (Å²) in [4.78, 5) is 38.0. The molecule has 0 aromatic rings. The van der Waals surface area contributed by atoms with Gasteiger partial charge in [0, 0.05) is 19.3 Å². The van der Waals surface area contributed by atoms with Gasteiger partial charge in [-0.1, -0.05) is 261 Å². The number of hydrogen-bond donors (Lipinski definition) is 0. The average molecular weight is 978 g/mol. The Morgan fingerprint density at radius 2 is 0.557 bits per heavy atom. The third-order valence-corrected chi connectivity index (χ3v) is 12.9. The summed E-state index contributed by atoms with van der Waals surface area (Å²) in [6.07, 6.45) is 75.1. The molecule has 0 aromatic carbocycles. The number of carbonyl (C=O) groups excluding carboxylic acids is 3. The highest BCUT2D eigenvalue weighted by Gasteiger charge is 2.19. The summed E-state index contributed by atoms with van der Waals surface area (Å²) in [5.41, 5.74) is 0. The molecule has 6 nitrogen and oxygen atoms in total. The summed E-state index contributed by atoms with van der Waals surface area (Å²) in [7, 11) is 0. The van der Waals surface area contributed by atoms with E-state index in [1.807, 2.05) is 0 Å². The molecule has 404 valence electrons. The van der Waals surface area contributed by atoms with Crippen molar-refractivity contribution in [2.24, 2.45) is 0 Å². The van der Waals surface area contributed by atoms with Gasteiger partial charge in [0.1, 0.15) is 13.2 Å². The molecule has 1 atom stereocenters. The summed E-state index contributed by atoms with van der Waals surface area (Å²) in [5.74, 6) is -0.928. The van der Waals surface area contributed by atoms with Crippen LogP contribution in [0.15, 0.2) is 72.9 Å². The molecule has 0 rings (SSSR count). The van der Waals surface area contributed by atoms with Crippen LogP contribution < -0.4 is 0 Å². The lowest BCUT2D eigenvalue weighted by Gasteiger charge is -2.18. The third kappa shape index (κ3) is 55.8. The van der Waals surface area contributed by atoms with Crippen molar-refractivity contribution in [1.82, 2.24) is 0 Å². The summed E-state index contributed by atoms with van der Waals surface area (Å²) < 4.78 is 16.8. The smallest absolute Gasteiger partial charge is 0.306 e. The van der Waals surface area contributed by atoms with E-state index in [4.69, 9.17) is 14.2 Å². The van der Waals surface area contributed by atoms with Crippen molar-refractivity contribution in [3.63, 3.8) is 0 Å². The van der Waals surface area contributed by atoms with Crippen molar-refractivity contribution >= 4 is 17.9 Å². The highest BCUT2D eigenvalue weighted by atomic mass is 16.6. The lowest BCUT2D eigenvalue weighted by molar-refractivity contribution is -0.167. The van der Waals surface area contributed by atoms with Gasteiger partial charge in [0.05, 0.1) is 0 Å². The number of esters is 3. The molecule has 6 heteroatoms. The minimum Gasteiger partial charge on any atom is -0.462 e. The summed E-state index contributed by atoms with van der Waals surface area (Å²) in [6.45, 7) is 6.47. The van der Waals surface area contributed by atoms with Gasteiger partial charge in [-0.05, 0) is 89.9 Å². The maximum absolute atomic E-state index is 12.8. The van der Waals surface area contributed by atoms with Crippen LogP contribution in [0.3, 0.4) is 0 Å². The molecule has 0 amide bonds. The van der Waals surface area contributed by atoms with Gasteiger partial charge >= 0.3 is 17.9 Å². The first kappa shape index (κ1) is 66.9. The van der Waals surface area contributed by atoms with Gasteiger partial charge in [-0.2, -0.15) is 0 Å². The normalized spacial score (nSPS) is 12.6. The van der Waals surface area contributed by atoms with Crippen LogP contribution in [0, 0.1) is 0 Å². The molecule has 0 bridgehead atoms. The van der Waals surface area contributed by atoms with E-state index in [1.54, 1.807) is 0 Å². The molecule has 0 heterocycles. The molecule has 0 saturated heterocycles. The van der Waals surface area contributed by atoms with Crippen molar-refractivity contribution in [2.75, 3.05) is 13.2 Å². The van der Waals surface area contributed by atoms with Gasteiger partial charge in [-0.25, -0.2) is 0 Å². The molecule has 0 aromatic heterocycles. The zero-order valence-corrected chi connectivity index (χ0v) is 46.3. The first-order valence-corrected chi connectivity index (χ1v) is 29.9. The maximum Gasteiger partial charge on any atom is 0.306 e. The first-order chi connectivity index (χ1) is 34.5. The largest absolute Gasteiger partial charge is 0.462 e. The topological polar surface area (TPSA) is 78.9 Å². The van der Waals surface area contributed by atoms with Gasteiger partial charge in [-0.3, -0.25) is 14.4 Å². The standard InChI is InChI=1S/C64H112O6/c1-4-7-10-13-16-19-21-23-25-26-27-28-29-30-31-32-33-34-35-36-37-38-40-41-43-45-48-51-54-57-63(66)69-60-61(59-68-62(65)56-53-50-47-18-15-12-9-6-3)70-64(67)58-55-52-49-46-44-42-39-24-22-20-17-14-11-8-5-2/h8,11,17,20-21,23-24,26-27,39,44,46,61H,4-7,9-10,12-16,18-19,22,25,28-38,40-43,45,47-60H2,1-3H3/b11-8-,20-17-,23-21-,27-26-,39-24-,46-44-. The van der Waals surface area contributed by atoms with Crippen molar-refractivity contribution in [3.8, 4) is 0 Å². The Morgan fingerprint density at radius 1 is 0.300 bits per heavy atom. The fraction of sp³-hybridized carbons (Fsp3) is 0.766. The fourth-order valence-electron chi connectivity index (χ4n) is 8.47. The summed E-state index contributed by atoms with van der Waals surface area (Å²) in [6, 6.07) is 0. The zero-order valence-electron chi connectivity index (χ0n) is 46.3. The number of rotatable bonds is 54. The maximum atomic E-state index is 12.8. The van der Waals surface area contributed by atoms with Gasteiger partial charge < -0.3 is 14.2 Å². The second-order valence-electron chi connectivity index (χ2n) is 19.9. The van der Waals surface area contributed by atoms with E-state index in [-0.39, 0.29) is 37.5 Å². The van der Waals surface area contributed by atoms with Crippen LogP contribution in [0.4, 0.5) is 0 Å². The van der Waals surface area contributed by atoms with Gasteiger partial charge in [0.15, 0.2) is 6.10 Å². The fourth-order valence-corrected chi connectivity index (χ4v) is 8.47. The van der Waals surface area contributed by atoms with Crippen LogP contribution in [-0.2, 0) is 28.6 Å². The Labute approximate surface area is 433 Å². The number of allylic oxidation sites excluding steroid dienone is 12. The van der Waals surface area contributed by atoms with E-state index in [2.05, 4.69) is 93.7 Å². The van der Waals surface area contributed by atoms with Crippen molar-refractivity contribution in [1.29, 1.82) is 0 Å². The predicted molar refractivity (Wildman–Crippen MR) is 302 cm³/mol. The Balaban J connectivity index is 4.12. The van der Waals surface area contributed by atoms with Crippen LogP contribution in [0.1, 0.15) is 297 Å². The molecule has 0 radical (unpaired) electrons. The van der Waals surface area contributed by atoms with Gasteiger partial charge in [0.2, 0.25) is 0 Å². The second kappa shape index (κ2) is 58.4. The van der Waals surface area contributed by atoms with Crippen LogP contribution in [-0.4, -0.2) is 37.2 Å². The second-order valence-corrected chi connectivity index (χ2v) is 19.9. The Kier molecular flexibility index (Phi) is 55.8. The molecule has 0 aliphatic carbocycles.